The fourth-order valence-electron chi connectivity index (χ4n) is 3.08. The topological polar surface area (TPSA) is 104 Å². The Morgan fingerprint density at radius 3 is 2.76 bits per heavy atom. The van der Waals surface area contributed by atoms with E-state index in [1.165, 1.54) is 50.1 Å². The molecule has 1 aliphatic rings. The van der Waals surface area contributed by atoms with E-state index in [1.807, 2.05) is 25.1 Å². The van der Waals surface area contributed by atoms with E-state index in [4.69, 9.17) is 9.68 Å². The minimum Gasteiger partial charge on any atom is -0.453 e. The zero-order valence-corrected chi connectivity index (χ0v) is 16.9. The van der Waals surface area contributed by atoms with E-state index < -0.39 is 0 Å². The van der Waals surface area contributed by atoms with Crippen LogP contribution < -0.4 is 10.6 Å². The molecule has 5 rings (SSSR count). The summed E-state index contributed by atoms with van der Waals surface area (Å²) in [6.07, 6.45) is 9.16. The van der Waals surface area contributed by atoms with Crippen molar-refractivity contribution >= 4 is 28.0 Å². The van der Waals surface area contributed by atoms with Crippen molar-refractivity contribution < 1.29 is 4.42 Å². The number of furan rings is 1. The van der Waals surface area contributed by atoms with Crippen LogP contribution in [0.5, 0.6) is 0 Å². The average Bonchev–Trinajstić information content (AvgIpc) is 3.49. The van der Waals surface area contributed by atoms with Gasteiger partial charge in [-0.15, -0.1) is 0 Å². The molecule has 2 N–H and O–H groups in total. The number of aromatic nitrogens is 4. The van der Waals surface area contributed by atoms with E-state index in [1.54, 1.807) is 23.0 Å². The predicted octanol–water partition coefficient (Wildman–Crippen LogP) is 4.13. The Morgan fingerprint density at radius 1 is 1.28 bits per heavy atom. The number of anilines is 2. The van der Waals surface area contributed by atoms with Gasteiger partial charge in [-0.2, -0.15) is 19.2 Å². The molecule has 1 fully saturated rings. The zero-order chi connectivity index (χ0) is 20.1. The van der Waals surface area contributed by atoms with Crippen molar-refractivity contribution in [1.29, 1.82) is 5.26 Å². The lowest BCUT2D eigenvalue weighted by atomic mass is 10.2. The molecule has 0 aromatic carbocycles. The van der Waals surface area contributed by atoms with Gasteiger partial charge in [0.25, 0.3) is 0 Å². The molecule has 0 atom stereocenters. The Morgan fingerprint density at radius 2 is 2.14 bits per heavy atom. The fourth-order valence-corrected chi connectivity index (χ4v) is 3.74. The molecule has 148 valence electrons. The third-order valence-corrected chi connectivity index (χ3v) is 5.30. The second-order valence-electron chi connectivity index (χ2n) is 6.70. The summed E-state index contributed by atoms with van der Waals surface area (Å²) in [5.74, 6) is 1.04. The van der Waals surface area contributed by atoms with Crippen LogP contribution in [0, 0.1) is 18.3 Å². The monoisotopic (exact) mass is 407 g/mol. The summed E-state index contributed by atoms with van der Waals surface area (Å²) in [6.45, 7) is 4.45. The van der Waals surface area contributed by atoms with Crippen LogP contribution in [-0.2, 0) is 0 Å². The summed E-state index contributed by atoms with van der Waals surface area (Å²) < 4.78 is 11.1. The number of fused-ring (bicyclic) bond motifs is 1. The molecule has 1 aliphatic heterocycles. The molecule has 4 aromatic rings. The highest BCUT2D eigenvalue weighted by Gasteiger charge is 2.13. The van der Waals surface area contributed by atoms with Crippen molar-refractivity contribution in [2.75, 3.05) is 18.4 Å². The molecule has 0 spiro atoms. The molecule has 29 heavy (non-hydrogen) atoms. The highest BCUT2D eigenvalue weighted by atomic mass is 32.1. The molecule has 0 unspecified atom stereocenters. The first-order valence-electron chi connectivity index (χ1n) is 9.47. The number of nitriles is 1. The minimum atomic E-state index is 0.258. The SMILES string of the molecule is C1CCNCC1.Cc1cc(Nc2ccnc3c(-c4coc(C#N)c4)cnn23)sn1. The van der Waals surface area contributed by atoms with Crippen molar-refractivity contribution in [3.63, 3.8) is 0 Å². The van der Waals surface area contributed by atoms with E-state index in [-0.39, 0.29) is 5.76 Å². The van der Waals surface area contributed by atoms with E-state index in [9.17, 15) is 0 Å². The molecule has 4 aromatic heterocycles. The first-order valence-corrected chi connectivity index (χ1v) is 10.2. The second kappa shape index (κ2) is 8.86. The lowest BCUT2D eigenvalue weighted by Crippen LogP contribution is -2.21. The summed E-state index contributed by atoms with van der Waals surface area (Å²) in [6, 6.07) is 7.45. The molecular formula is C20H21N7OS. The van der Waals surface area contributed by atoms with Crippen LogP contribution >= 0.6 is 11.5 Å². The lowest BCUT2D eigenvalue weighted by Gasteiger charge is -2.08. The quantitative estimate of drug-likeness (QED) is 0.526. The van der Waals surface area contributed by atoms with Crippen molar-refractivity contribution in [3.8, 4) is 17.2 Å². The number of aryl methyl sites for hydroxylation is 1. The van der Waals surface area contributed by atoms with Crippen molar-refractivity contribution in [2.45, 2.75) is 26.2 Å². The molecule has 9 heteroatoms. The van der Waals surface area contributed by atoms with Crippen molar-refractivity contribution in [3.05, 3.63) is 48.3 Å². The third kappa shape index (κ3) is 4.45. The summed E-state index contributed by atoms with van der Waals surface area (Å²) >= 11 is 1.39. The summed E-state index contributed by atoms with van der Waals surface area (Å²) in [5.41, 5.74) is 3.22. The molecule has 1 saturated heterocycles. The van der Waals surface area contributed by atoms with Crippen molar-refractivity contribution in [2.24, 2.45) is 0 Å². The van der Waals surface area contributed by atoms with Gasteiger partial charge in [-0.3, -0.25) is 0 Å². The molecule has 8 nitrogen and oxygen atoms in total. The summed E-state index contributed by atoms with van der Waals surface area (Å²) in [5, 5.41) is 20.8. The van der Waals surface area contributed by atoms with Gasteiger partial charge in [0.1, 0.15) is 23.2 Å². The van der Waals surface area contributed by atoms with Crippen LogP contribution in [0.3, 0.4) is 0 Å². The maximum absolute atomic E-state index is 8.88. The Hall–Kier alpha value is -3.22. The molecule has 0 bridgehead atoms. The lowest BCUT2D eigenvalue weighted by molar-refractivity contribution is 0.520. The van der Waals surface area contributed by atoms with E-state index in [2.05, 4.69) is 25.1 Å². The molecule has 0 aliphatic carbocycles. The van der Waals surface area contributed by atoms with Gasteiger partial charge in [-0.1, -0.05) is 6.42 Å². The Balaban J connectivity index is 0.000000294. The number of nitrogens with one attached hydrogen (secondary N) is 2. The highest BCUT2D eigenvalue weighted by molar-refractivity contribution is 7.10. The molecule has 0 amide bonds. The molecular weight excluding hydrogens is 386 g/mol. The Labute approximate surface area is 172 Å². The van der Waals surface area contributed by atoms with E-state index >= 15 is 0 Å². The smallest absolute Gasteiger partial charge is 0.203 e. The van der Waals surface area contributed by atoms with Crippen LogP contribution in [0.1, 0.15) is 30.7 Å². The standard InChI is InChI=1S/C15H10N6OS.C5H11N/c1-9-4-14(23-20-9)19-13-2-3-17-15-12(7-18-21(13)15)10-5-11(6-16)22-8-10;1-2-4-6-5-3-1/h2-5,7-8,19H,1H3;6H,1-5H2. The summed E-state index contributed by atoms with van der Waals surface area (Å²) in [4.78, 5) is 4.38. The minimum absolute atomic E-state index is 0.258. The van der Waals surface area contributed by atoms with Gasteiger partial charge in [0, 0.05) is 23.4 Å². The van der Waals surface area contributed by atoms with Crippen LogP contribution in [0.25, 0.3) is 16.8 Å². The predicted molar refractivity (Wildman–Crippen MR) is 112 cm³/mol. The van der Waals surface area contributed by atoms with Gasteiger partial charge >= 0.3 is 0 Å². The normalized spacial score (nSPS) is 13.5. The maximum atomic E-state index is 8.88. The number of hydrogen-bond donors (Lipinski definition) is 2. The second-order valence-corrected chi connectivity index (χ2v) is 7.51. The van der Waals surface area contributed by atoms with Gasteiger partial charge in [0.2, 0.25) is 5.76 Å². The number of rotatable bonds is 3. The van der Waals surface area contributed by atoms with Gasteiger partial charge in [0.15, 0.2) is 5.65 Å². The largest absolute Gasteiger partial charge is 0.453 e. The Bertz CT molecular complexity index is 1120. The van der Waals surface area contributed by atoms with Gasteiger partial charge < -0.3 is 15.1 Å². The Kier molecular flexibility index (Phi) is 5.84. The fraction of sp³-hybridized carbons (Fsp3) is 0.300. The highest BCUT2D eigenvalue weighted by Crippen LogP contribution is 2.28. The van der Waals surface area contributed by atoms with E-state index in [0.717, 1.165) is 27.6 Å². The first-order chi connectivity index (χ1) is 14.2. The van der Waals surface area contributed by atoms with Crippen molar-refractivity contribution in [1.82, 2.24) is 24.3 Å². The van der Waals surface area contributed by atoms with Crippen LogP contribution in [-0.4, -0.2) is 32.1 Å². The number of nitrogens with zero attached hydrogens (tertiary/aromatic N) is 5. The third-order valence-electron chi connectivity index (χ3n) is 4.51. The van der Waals surface area contributed by atoms with Crippen LogP contribution in [0.4, 0.5) is 10.8 Å². The van der Waals surface area contributed by atoms with E-state index in [0.29, 0.717) is 5.65 Å². The maximum Gasteiger partial charge on any atom is 0.203 e. The van der Waals surface area contributed by atoms with Crippen LogP contribution in [0.15, 0.2) is 41.3 Å². The average molecular weight is 408 g/mol. The van der Waals surface area contributed by atoms with Gasteiger partial charge in [0.05, 0.1) is 11.9 Å². The van der Waals surface area contributed by atoms with Crippen LogP contribution in [0.2, 0.25) is 0 Å². The summed E-state index contributed by atoms with van der Waals surface area (Å²) in [7, 11) is 0. The number of piperidine rings is 1. The molecule has 0 radical (unpaired) electrons. The van der Waals surface area contributed by atoms with Gasteiger partial charge in [-0.25, -0.2) is 4.98 Å². The first kappa shape index (κ1) is 19.1. The molecule has 0 saturated carbocycles. The molecule has 5 heterocycles. The zero-order valence-electron chi connectivity index (χ0n) is 16.1. The van der Waals surface area contributed by atoms with Gasteiger partial charge in [-0.05, 0) is 56.5 Å². The number of hydrogen-bond acceptors (Lipinski definition) is 8.